The smallest absolute Gasteiger partial charge is 0.251 e. The van der Waals surface area contributed by atoms with Gasteiger partial charge in [-0.25, -0.2) is 12.8 Å². The Labute approximate surface area is 204 Å². The van der Waals surface area contributed by atoms with Gasteiger partial charge in [0.2, 0.25) is 15.9 Å². The van der Waals surface area contributed by atoms with Crippen molar-refractivity contribution in [2.45, 2.75) is 17.4 Å². The molecule has 7 nitrogen and oxygen atoms in total. The lowest BCUT2D eigenvalue weighted by atomic mass is 10.0. The zero-order chi connectivity index (χ0) is 24.8. The summed E-state index contributed by atoms with van der Waals surface area (Å²) in [5.41, 5.74) is 1.35. The number of carbonyl (C=O) groups excluding carboxylic acids is 2. The quantitative estimate of drug-likeness (QED) is 0.546. The lowest BCUT2D eigenvalue weighted by Crippen LogP contribution is -2.56. The third-order valence-electron chi connectivity index (χ3n) is 5.92. The van der Waals surface area contributed by atoms with Crippen LogP contribution >= 0.6 is 0 Å². The van der Waals surface area contributed by atoms with E-state index in [0.29, 0.717) is 12.0 Å². The first-order valence-electron chi connectivity index (χ1n) is 11.3. The number of carbonyl (C=O) groups is 2. The second kappa shape index (κ2) is 10.8. The molecule has 1 saturated heterocycles. The van der Waals surface area contributed by atoms with Crippen LogP contribution in [0.1, 0.15) is 15.9 Å². The maximum Gasteiger partial charge on any atom is 0.251 e. The Morgan fingerprint density at radius 2 is 1.40 bits per heavy atom. The number of rotatable bonds is 7. The van der Waals surface area contributed by atoms with Crippen LogP contribution in [0.2, 0.25) is 0 Å². The van der Waals surface area contributed by atoms with Crippen molar-refractivity contribution in [3.63, 3.8) is 0 Å². The molecule has 0 unspecified atom stereocenters. The molecule has 0 aliphatic carbocycles. The number of piperazine rings is 1. The van der Waals surface area contributed by atoms with Gasteiger partial charge in [-0.3, -0.25) is 9.59 Å². The number of amides is 2. The molecule has 1 atom stereocenters. The fourth-order valence-electron chi connectivity index (χ4n) is 4.01. The topological polar surface area (TPSA) is 86.8 Å². The van der Waals surface area contributed by atoms with Crippen LogP contribution in [0.5, 0.6) is 0 Å². The van der Waals surface area contributed by atoms with E-state index < -0.39 is 21.9 Å². The molecule has 4 rings (SSSR count). The molecule has 1 aliphatic rings. The Balaban J connectivity index is 1.46. The first-order valence-corrected chi connectivity index (χ1v) is 12.7. The highest BCUT2D eigenvalue weighted by atomic mass is 32.2. The average molecular weight is 496 g/mol. The van der Waals surface area contributed by atoms with Gasteiger partial charge in [0, 0.05) is 38.2 Å². The van der Waals surface area contributed by atoms with Crippen LogP contribution in [0.4, 0.5) is 4.39 Å². The van der Waals surface area contributed by atoms with Crippen molar-refractivity contribution in [2.75, 3.05) is 26.2 Å². The molecule has 0 bridgehead atoms. The Hall–Kier alpha value is -3.56. The SMILES string of the molecule is O=C(N[C@H](Cc1ccccc1)C(=O)N1CCN(S(=O)(=O)c2ccc(F)cc2)CC1)c1ccccc1. The molecule has 3 aromatic rings. The van der Waals surface area contributed by atoms with Crippen molar-refractivity contribution in [1.29, 1.82) is 0 Å². The zero-order valence-electron chi connectivity index (χ0n) is 19.0. The molecular weight excluding hydrogens is 469 g/mol. The Morgan fingerprint density at radius 1 is 0.829 bits per heavy atom. The molecule has 1 N–H and O–H groups in total. The second-order valence-electron chi connectivity index (χ2n) is 8.27. The van der Waals surface area contributed by atoms with E-state index in [9.17, 15) is 22.4 Å². The second-order valence-corrected chi connectivity index (χ2v) is 10.2. The van der Waals surface area contributed by atoms with Gasteiger partial charge in [0.15, 0.2) is 0 Å². The van der Waals surface area contributed by atoms with Crippen LogP contribution in [0.15, 0.2) is 89.8 Å². The zero-order valence-corrected chi connectivity index (χ0v) is 19.8. The predicted octanol–water partition coefficient (Wildman–Crippen LogP) is 2.70. The first kappa shape index (κ1) is 24.6. The summed E-state index contributed by atoms with van der Waals surface area (Å²) >= 11 is 0. The van der Waals surface area contributed by atoms with Crippen LogP contribution in [-0.4, -0.2) is 61.7 Å². The van der Waals surface area contributed by atoms with Gasteiger partial charge < -0.3 is 10.2 Å². The van der Waals surface area contributed by atoms with Crippen molar-refractivity contribution < 1.29 is 22.4 Å². The van der Waals surface area contributed by atoms with Crippen LogP contribution in [0.3, 0.4) is 0 Å². The maximum atomic E-state index is 13.4. The van der Waals surface area contributed by atoms with Gasteiger partial charge >= 0.3 is 0 Å². The van der Waals surface area contributed by atoms with Gasteiger partial charge in [0.05, 0.1) is 4.90 Å². The summed E-state index contributed by atoms with van der Waals surface area (Å²) in [5.74, 6) is -1.13. The van der Waals surface area contributed by atoms with Crippen LogP contribution < -0.4 is 5.32 Å². The summed E-state index contributed by atoms with van der Waals surface area (Å²) in [4.78, 5) is 27.8. The normalized spacial score (nSPS) is 15.4. The van der Waals surface area contributed by atoms with E-state index in [0.717, 1.165) is 17.7 Å². The monoisotopic (exact) mass is 495 g/mol. The largest absolute Gasteiger partial charge is 0.340 e. The summed E-state index contributed by atoms with van der Waals surface area (Å²) in [5, 5.41) is 2.85. The maximum absolute atomic E-state index is 13.4. The highest BCUT2D eigenvalue weighted by Gasteiger charge is 2.33. The molecule has 0 spiro atoms. The van der Waals surface area contributed by atoms with Crippen molar-refractivity contribution in [2.24, 2.45) is 0 Å². The Kier molecular flexibility index (Phi) is 7.57. The molecule has 0 saturated carbocycles. The van der Waals surface area contributed by atoms with Gasteiger partial charge in [-0.1, -0.05) is 48.5 Å². The molecule has 182 valence electrons. The summed E-state index contributed by atoms with van der Waals surface area (Å²) in [6.45, 7) is 0.587. The van der Waals surface area contributed by atoms with E-state index in [-0.39, 0.29) is 42.9 Å². The summed E-state index contributed by atoms with van der Waals surface area (Å²) in [6.07, 6.45) is 0.312. The highest BCUT2D eigenvalue weighted by molar-refractivity contribution is 7.89. The van der Waals surface area contributed by atoms with E-state index in [1.54, 1.807) is 29.2 Å². The third kappa shape index (κ3) is 5.93. The molecule has 3 aromatic carbocycles. The minimum absolute atomic E-state index is 0.00996. The lowest BCUT2D eigenvalue weighted by molar-refractivity contribution is -0.134. The van der Waals surface area contributed by atoms with Gasteiger partial charge in [-0.2, -0.15) is 4.31 Å². The Morgan fingerprint density at radius 3 is 2.00 bits per heavy atom. The van der Waals surface area contributed by atoms with Gasteiger partial charge in [-0.05, 0) is 42.0 Å². The standard InChI is InChI=1S/C26H26FN3O4S/c27-22-11-13-23(14-12-22)35(33,34)30-17-15-29(16-18-30)26(32)24(19-20-7-3-1-4-8-20)28-25(31)21-9-5-2-6-10-21/h1-14,24H,15-19H2,(H,28,31)/t24-/m1/s1. The van der Waals surface area contributed by atoms with Gasteiger partial charge in [0.1, 0.15) is 11.9 Å². The molecule has 1 fully saturated rings. The van der Waals surface area contributed by atoms with Crippen LogP contribution in [0.25, 0.3) is 0 Å². The number of hydrogen-bond donors (Lipinski definition) is 1. The fourth-order valence-corrected chi connectivity index (χ4v) is 5.43. The van der Waals surface area contributed by atoms with Gasteiger partial charge in [-0.15, -0.1) is 0 Å². The lowest BCUT2D eigenvalue weighted by Gasteiger charge is -2.36. The minimum Gasteiger partial charge on any atom is -0.340 e. The molecule has 2 amide bonds. The van der Waals surface area contributed by atoms with E-state index in [1.165, 1.54) is 16.4 Å². The summed E-state index contributed by atoms with van der Waals surface area (Å²) in [7, 11) is -3.79. The molecule has 1 aliphatic heterocycles. The van der Waals surface area contributed by atoms with Crippen molar-refractivity contribution in [3.05, 3.63) is 102 Å². The molecule has 0 aromatic heterocycles. The minimum atomic E-state index is -3.79. The Bertz CT molecular complexity index is 1260. The number of nitrogens with one attached hydrogen (secondary N) is 1. The van der Waals surface area contributed by atoms with Crippen molar-refractivity contribution >= 4 is 21.8 Å². The van der Waals surface area contributed by atoms with Crippen molar-refractivity contribution in [1.82, 2.24) is 14.5 Å². The third-order valence-corrected chi connectivity index (χ3v) is 7.84. The molecule has 35 heavy (non-hydrogen) atoms. The van der Waals surface area contributed by atoms with Gasteiger partial charge in [0.25, 0.3) is 5.91 Å². The predicted molar refractivity (Wildman–Crippen MR) is 130 cm³/mol. The van der Waals surface area contributed by atoms with Crippen LogP contribution in [-0.2, 0) is 21.2 Å². The summed E-state index contributed by atoms with van der Waals surface area (Å²) < 4.78 is 40.3. The number of hydrogen-bond acceptors (Lipinski definition) is 4. The van der Waals surface area contributed by atoms with E-state index in [4.69, 9.17) is 0 Å². The molecular formula is C26H26FN3O4S. The number of nitrogens with zero attached hydrogens (tertiary/aromatic N) is 2. The number of halogens is 1. The van der Waals surface area contributed by atoms with E-state index in [1.807, 2.05) is 36.4 Å². The highest BCUT2D eigenvalue weighted by Crippen LogP contribution is 2.19. The first-order chi connectivity index (χ1) is 16.8. The summed E-state index contributed by atoms with van der Waals surface area (Å²) in [6, 6.07) is 22.0. The number of sulfonamides is 1. The average Bonchev–Trinajstić information content (AvgIpc) is 2.89. The molecule has 0 radical (unpaired) electrons. The molecule has 9 heteroatoms. The van der Waals surface area contributed by atoms with E-state index >= 15 is 0 Å². The van der Waals surface area contributed by atoms with E-state index in [2.05, 4.69) is 5.32 Å². The van der Waals surface area contributed by atoms with Crippen LogP contribution in [0, 0.1) is 5.82 Å². The fraction of sp³-hybridized carbons (Fsp3) is 0.231. The number of benzene rings is 3. The molecule has 1 heterocycles. The van der Waals surface area contributed by atoms with Crippen molar-refractivity contribution in [3.8, 4) is 0 Å².